The molecule has 2 aromatic carbocycles. The van der Waals surface area contributed by atoms with Crippen LogP contribution in [0.15, 0.2) is 48.0 Å². The van der Waals surface area contributed by atoms with Crippen LogP contribution >= 0.6 is 0 Å². The van der Waals surface area contributed by atoms with E-state index in [1.165, 1.54) is 0 Å². The van der Waals surface area contributed by atoms with Crippen molar-refractivity contribution in [3.63, 3.8) is 0 Å². The molecule has 0 bridgehead atoms. The Morgan fingerprint density at radius 3 is 2.35 bits per heavy atom. The van der Waals surface area contributed by atoms with Crippen LogP contribution in [0.4, 0.5) is 0 Å². The first-order valence-electron chi connectivity index (χ1n) is 13.2. The van der Waals surface area contributed by atoms with Crippen LogP contribution in [-0.2, 0) is 9.59 Å². The lowest BCUT2D eigenvalue weighted by atomic mass is 9.94. The number of amides is 1. The van der Waals surface area contributed by atoms with Gasteiger partial charge in [0.15, 0.2) is 11.5 Å². The first-order chi connectivity index (χ1) is 17.8. The number of hydrogen-bond acceptors (Lipinski definition) is 6. The first-order valence-corrected chi connectivity index (χ1v) is 13.2. The molecule has 0 aromatic heterocycles. The van der Waals surface area contributed by atoms with Gasteiger partial charge < -0.3 is 24.4 Å². The summed E-state index contributed by atoms with van der Waals surface area (Å²) in [5, 5.41) is 11.3. The number of aliphatic hydroxyl groups excluding tert-OH is 1. The van der Waals surface area contributed by atoms with Gasteiger partial charge in [-0.15, -0.1) is 0 Å². The molecule has 1 amide bonds. The van der Waals surface area contributed by atoms with E-state index in [9.17, 15) is 14.7 Å². The highest BCUT2D eigenvalue weighted by atomic mass is 16.5. The van der Waals surface area contributed by atoms with E-state index in [1.54, 1.807) is 17.0 Å². The van der Waals surface area contributed by atoms with Gasteiger partial charge >= 0.3 is 0 Å². The number of benzene rings is 2. The van der Waals surface area contributed by atoms with Crippen molar-refractivity contribution in [2.45, 2.75) is 52.5 Å². The zero-order valence-corrected chi connectivity index (χ0v) is 22.8. The molecule has 0 saturated carbocycles. The Bertz CT molecular complexity index is 1110. The molecule has 0 spiro atoms. The third-order valence-corrected chi connectivity index (χ3v) is 6.46. The summed E-state index contributed by atoms with van der Waals surface area (Å²) in [6, 6.07) is 12.1. The summed E-state index contributed by atoms with van der Waals surface area (Å²) >= 11 is 0. The average molecular weight is 509 g/mol. The van der Waals surface area contributed by atoms with Crippen LogP contribution in [0.2, 0.25) is 0 Å². The molecule has 7 nitrogen and oxygen atoms in total. The average Bonchev–Trinajstić information content (AvgIpc) is 3.12. The zero-order valence-electron chi connectivity index (χ0n) is 22.8. The highest BCUT2D eigenvalue weighted by Crippen LogP contribution is 2.42. The van der Waals surface area contributed by atoms with Crippen LogP contribution in [0.25, 0.3) is 5.76 Å². The minimum Gasteiger partial charge on any atom is -0.507 e. The largest absolute Gasteiger partial charge is 0.507 e. The highest BCUT2D eigenvalue weighted by Gasteiger charge is 2.46. The van der Waals surface area contributed by atoms with Crippen molar-refractivity contribution in [2.24, 2.45) is 0 Å². The number of aryl methyl sites for hydroxylation is 1. The van der Waals surface area contributed by atoms with Gasteiger partial charge in [-0.3, -0.25) is 9.59 Å². The van der Waals surface area contributed by atoms with Crippen LogP contribution in [0.3, 0.4) is 0 Å². The Labute approximate surface area is 220 Å². The van der Waals surface area contributed by atoms with E-state index in [0.717, 1.165) is 31.4 Å². The number of carbonyl (C=O) groups excluding carboxylic acids is 2. The second-order valence-electron chi connectivity index (χ2n) is 9.71. The van der Waals surface area contributed by atoms with E-state index in [2.05, 4.69) is 6.92 Å². The zero-order chi connectivity index (χ0) is 26.9. The van der Waals surface area contributed by atoms with E-state index >= 15 is 0 Å². The number of hydrogen-bond donors (Lipinski definition) is 1. The Morgan fingerprint density at radius 1 is 0.973 bits per heavy atom. The molecule has 1 N–H and O–H groups in total. The number of Topliss-reactive ketones (excluding diaryl/α,β-unsaturated/α-hetero) is 1. The van der Waals surface area contributed by atoms with Crippen LogP contribution in [0, 0.1) is 6.92 Å². The van der Waals surface area contributed by atoms with Crippen molar-refractivity contribution in [3.8, 4) is 11.5 Å². The lowest BCUT2D eigenvalue weighted by molar-refractivity contribution is -0.139. The summed E-state index contributed by atoms with van der Waals surface area (Å²) in [6.45, 7) is 8.18. The van der Waals surface area contributed by atoms with E-state index in [0.29, 0.717) is 48.8 Å². The van der Waals surface area contributed by atoms with Crippen molar-refractivity contribution < 1.29 is 24.2 Å². The monoisotopic (exact) mass is 508 g/mol. The number of nitrogens with zero attached hydrogens (tertiary/aromatic N) is 2. The minimum absolute atomic E-state index is 0.0952. The Morgan fingerprint density at radius 2 is 1.70 bits per heavy atom. The summed E-state index contributed by atoms with van der Waals surface area (Å²) in [7, 11) is 3.94. The lowest BCUT2D eigenvalue weighted by Gasteiger charge is -2.26. The first kappa shape index (κ1) is 28.3. The summed E-state index contributed by atoms with van der Waals surface area (Å²) in [4.78, 5) is 30.1. The fourth-order valence-electron chi connectivity index (χ4n) is 4.50. The second kappa shape index (κ2) is 13.3. The van der Waals surface area contributed by atoms with E-state index in [4.69, 9.17) is 9.47 Å². The maximum Gasteiger partial charge on any atom is 0.295 e. The van der Waals surface area contributed by atoms with Crippen LogP contribution in [0.5, 0.6) is 11.5 Å². The molecule has 37 heavy (non-hydrogen) atoms. The molecule has 1 atom stereocenters. The molecule has 1 aliphatic heterocycles. The van der Waals surface area contributed by atoms with Gasteiger partial charge in [-0.1, -0.05) is 55.7 Å². The number of carbonyl (C=O) groups is 2. The standard InChI is InChI=1S/C30H40N2O5/c1-6-8-9-19-37-24-16-15-23(20-25(24)36-7-2)27-26(28(33)22-13-11-21(3)12-14-22)29(34)30(35)32(27)18-10-17-31(4)5/h11-16,20,27,33H,6-10,17-19H2,1-5H3. The van der Waals surface area contributed by atoms with E-state index < -0.39 is 17.7 Å². The fourth-order valence-corrected chi connectivity index (χ4v) is 4.50. The quantitative estimate of drug-likeness (QED) is 0.170. The molecule has 1 aliphatic rings. The summed E-state index contributed by atoms with van der Waals surface area (Å²) in [5.74, 6) is -0.257. The third-order valence-electron chi connectivity index (χ3n) is 6.46. The van der Waals surface area contributed by atoms with Crippen molar-refractivity contribution in [2.75, 3.05) is 40.4 Å². The molecule has 1 fully saturated rings. The van der Waals surface area contributed by atoms with Gasteiger partial charge in [-0.25, -0.2) is 0 Å². The van der Waals surface area contributed by atoms with Gasteiger partial charge in [0.2, 0.25) is 0 Å². The summed E-state index contributed by atoms with van der Waals surface area (Å²) in [5.41, 5.74) is 2.33. The molecule has 3 rings (SSSR count). The smallest absolute Gasteiger partial charge is 0.295 e. The maximum absolute atomic E-state index is 13.3. The van der Waals surface area contributed by atoms with Gasteiger partial charge in [0.05, 0.1) is 24.8 Å². The Balaban J connectivity index is 2.06. The third kappa shape index (κ3) is 6.92. The summed E-state index contributed by atoms with van der Waals surface area (Å²) in [6.07, 6.45) is 3.83. The molecule has 1 unspecified atom stereocenters. The maximum atomic E-state index is 13.3. The molecule has 0 radical (unpaired) electrons. The highest BCUT2D eigenvalue weighted by molar-refractivity contribution is 6.46. The fraction of sp³-hybridized carbons (Fsp3) is 0.467. The van der Waals surface area contributed by atoms with Crippen molar-refractivity contribution >= 4 is 17.4 Å². The SMILES string of the molecule is CCCCCOc1ccc(C2C(=C(O)c3ccc(C)cc3)C(=O)C(=O)N2CCCN(C)C)cc1OCC. The Hall–Kier alpha value is -3.32. The van der Waals surface area contributed by atoms with E-state index in [1.807, 2.05) is 63.2 Å². The van der Waals surface area contributed by atoms with Crippen molar-refractivity contribution in [3.05, 3.63) is 64.7 Å². The topological polar surface area (TPSA) is 79.3 Å². The molecule has 0 aliphatic carbocycles. The molecular weight excluding hydrogens is 468 g/mol. The minimum atomic E-state index is -0.725. The predicted molar refractivity (Wildman–Crippen MR) is 146 cm³/mol. The molecule has 7 heteroatoms. The number of rotatable bonds is 13. The Kier molecular flexibility index (Phi) is 10.1. The van der Waals surface area contributed by atoms with Gasteiger partial charge in [-0.05, 0) is 65.0 Å². The van der Waals surface area contributed by atoms with Gasteiger partial charge in [0, 0.05) is 12.1 Å². The molecular formula is C30H40N2O5. The number of likely N-dealkylation sites (tertiary alicyclic amines) is 1. The summed E-state index contributed by atoms with van der Waals surface area (Å²) < 4.78 is 11.9. The van der Waals surface area contributed by atoms with Crippen molar-refractivity contribution in [1.29, 1.82) is 0 Å². The van der Waals surface area contributed by atoms with Crippen LogP contribution < -0.4 is 9.47 Å². The predicted octanol–water partition coefficient (Wildman–Crippen LogP) is 5.34. The molecule has 200 valence electrons. The number of unbranched alkanes of at least 4 members (excludes halogenated alkanes) is 2. The van der Waals surface area contributed by atoms with Gasteiger partial charge in [0.25, 0.3) is 11.7 Å². The number of aliphatic hydroxyl groups is 1. The van der Waals surface area contributed by atoms with Crippen LogP contribution in [-0.4, -0.2) is 67.0 Å². The van der Waals surface area contributed by atoms with Gasteiger partial charge in [-0.2, -0.15) is 0 Å². The number of ether oxygens (including phenoxy) is 2. The van der Waals surface area contributed by atoms with Gasteiger partial charge in [0.1, 0.15) is 5.76 Å². The molecule has 2 aromatic rings. The lowest BCUT2D eigenvalue weighted by Crippen LogP contribution is -2.32. The van der Waals surface area contributed by atoms with Crippen LogP contribution in [0.1, 0.15) is 62.3 Å². The second-order valence-corrected chi connectivity index (χ2v) is 9.71. The van der Waals surface area contributed by atoms with Crippen molar-refractivity contribution in [1.82, 2.24) is 9.80 Å². The molecule has 1 saturated heterocycles. The number of ketones is 1. The normalized spacial score (nSPS) is 17.0. The van der Waals surface area contributed by atoms with E-state index in [-0.39, 0.29) is 11.3 Å². The molecule has 1 heterocycles.